The van der Waals surface area contributed by atoms with E-state index in [1.807, 2.05) is 0 Å². The lowest BCUT2D eigenvalue weighted by Gasteiger charge is -2.22. The lowest BCUT2D eigenvalue weighted by atomic mass is 10.0. The number of hydrogen-bond acceptors (Lipinski definition) is 4. The molecular formula is C12H16Cl2N2O3S. The summed E-state index contributed by atoms with van der Waals surface area (Å²) >= 11 is 11.7. The number of nitrogens with one attached hydrogen (secondary N) is 1. The minimum absolute atomic E-state index is 0.0239. The highest BCUT2D eigenvalue weighted by molar-refractivity contribution is 7.89. The predicted molar refractivity (Wildman–Crippen MR) is 79.5 cm³/mol. The van der Waals surface area contributed by atoms with E-state index < -0.39 is 15.6 Å². The van der Waals surface area contributed by atoms with Gasteiger partial charge in [0.1, 0.15) is 4.90 Å². The average Bonchev–Trinajstić information content (AvgIpc) is 2.81. The van der Waals surface area contributed by atoms with Crippen LogP contribution in [0.15, 0.2) is 17.0 Å². The molecule has 1 aromatic rings. The lowest BCUT2D eigenvalue weighted by Crippen LogP contribution is -2.40. The zero-order chi connectivity index (χ0) is 15.0. The third-order valence-electron chi connectivity index (χ3n) is 3.51. The second-order valence-corrected chi connectivity index (χ2v) is 7.55. The van der Waals surface area contributed by atoms with E-state index in [0.717, 1.165) is 12.8 Å². The van der Waals surface area contributed by atoms with Crippen LogP contribution in [0.1, 0.15) is 25.7 Å². The summed E-state index contributed by atoms with van der Waals surface area (Å²) in [5.41, 5.74) is 4.67. The molecule has 0 saturated heterocycles. The molecule has 0 atom stereocenters. The summed E-state index contributed by atoms with van der Waals surface area (Å²) in [6, 6.07) is 2.67. The maximum absolute atomic E-state index is 12.2. The van der Waals surface area contributed by atoms with Crippen molar-refractivity contribution >= 4 is 38.9 Å². The molecule has 0 spiro atoms. The van der Waals surface area contributed by atoms with Crippen LogP contribution in [-0.4, -0.2) is 25.7 Å². The summed E-state index contributed by atoms with van der Waals surface area (Å²) in [5, 5.41) is 10.3. The molecule has 1 saturated carbocycles. The van der Waals surface area contributed by atoms with E-state index in [1.54, 1.807) is 0 Å². The molecule has 20 heavy (non-hydrogen) atoms. The van der Waals surface area contributed by atoms with Crippen molar-refractivity contribution in [1.82, 2.24) is 4.72 Å². The van der Waals surface area contributed by atoms with Crippen LogP contribution in [0.3, 0.4) is 0 Å². The van der Waals surface area contributed by atoms with Gasteiger partial charge in [-0.1, -0.05) is 36.0 Å². The fourth-order valence-corrected chi connectivity index (χ4v) is 4.16. The summed E-state index contributed by atoms with van der Waals surface area (Å²) in [5.74, 6) is 0. The van der Waals surface area contributed by atoms with Gasteiger partial charge in [0.15, 0.2) is 0 Å². The molecule has 4 N–H and O–H groups in total. The Morgan fingerprint density at radius 2 is 1.90 bits per heavy atom. The van der Waals surface area contributed by atoms with Gasteiger partial charge in [-0.05, 0) is 25.0 Å². The Morgan fingerprint density at radius 1 is 1.30 bits per heavy atom. The van der Waals surface area contributed by atoms with Gasteiger partial charge in [0.25, 0.3) is 0 Å². The molecule has 0 aliphatic heterocycles. The van der Waals surface area contributed by atoms with Crippen molar-refractivity contribution in [1.29, 1.82) is 0 Å². The lowest BCUT2D eigenvalue weighted by molar-refractivity contribution is 0.0532. The Hall–Kier alpha value is -0.530. The molecule has 2 rings (SSSR count). The Bertz CT molecular complexity index is 613. The van der Waals surface area contributed by atoms with Gasteiger partial charge >= 0.3 is 0 Å². The van der Waals surface area contributed by atoms with E-state index in [1.165, 1.54) is 12.1 Å². The van der Waals surface area contributed by atoms with Crippen molar-refractivity contribution in [3.05, 3.63) is 22.2 Å². The zero-order valence-corrected chi connectivity index (χ0v) is 13.0. The van der Waals surface area contributed by atoms with Crippen LogP contribution < -0.4 is 10.5 Å². The van der Waals surface area contributed by atoms with Gasteiger partial charge in [-0.25, -0.2) is 13.1 Å². The first-order valence-electron chi connectivity index (χ1n) is 6.21. The highest BCUT2D eigenvalue weighted by Gasteiger charge is 2.33. The maximum Gasteiger partial charge on any atom is 0.242 e. The number of nitrogen functional groups attached to an aromatic ring is 1. The van der Waals surface area contributed by atoms with Crippen LogP contribution >= 0.6 is 23.2 Å². The van der Waals surface area contributed by atoms with Gasteiger partial charge in [-0.3, -0.25) is 0 Å². The molecule has 1 aliphatic carbocycles. The monoisotopic (exact) mass is 338 g/mol. The molecule has 0 aromatic heterocycles. The van der Waals surface area contributed by atoms with E-state index in [-0.39, 0.29) is 27.2 Å². The van der Waals surface area contributed by atoms with Crippen LogP contribution in [0.2, 0.25) is 10.0 Å². The molecule has 0 heterocycles. The molecule has 5 nitrogen and oxygen atoms in total. The van der Waals surface area contributed by atoms with Crippen molar-refractivity contribution in [2.45, 2.75) is 36.2 Å². The third kappa shape index (κ3) is 3.20. The van der Waals surface area contributed by atoms with E-state index >= 15 is 0 Å². The number of anilines is 1. The summed E-state index contributed by atoms with van der Waals surface area (Å²) < 4.78 is 26.8. The summed E-state index contributed by atoms with van der Waals surface area (Å²) in [6.07, 6.45) is 2.97. The number of halogens is 2. The molecule has 0 bridgehead atoms. The van der Waals surface area contributed by atoms with Crippen LogP contribution in [-0.2, 0) is 10.0 Å². The summed E-state index contributed by atoms with van der Waals surface area (Å²) in [7, 11) is -3.84. The van der Waals surface area contributed by atoms with Crippen molar-refractivity contribution < 1.29 is 13.5 Å². The van der Waals surface area contributed by atoms with Crippen molar-refractivity contribution in [2.24, 2.45) is 0 Å². The first kappa shape index (κ1) is 15.9. The van der Waals surface area contributed by atoms with Gasteiger partial charge in [-0.2, -0.15) is 0 Å². The highest BCUT2D eigenvalue weighted by atomic mass is 35.5. The summed E-state index contributed by atoms with van der Waals surface area (Å²) in [4.78, 5) is -0.136. The second kappa shape index (κ2) is 5.69. The van der Waals surface area contributed by atoms with E-state index in [4.69, 9.17) is 28.9 Å². The number of sulfonamides is 1. The van der Waals surface area contributed by atoms with Gasteiger partial charge in [0.2, 0.25) is 10.0 Å². The SMILES string of the molecule is Nc1c(Cl)ccc(S(=O)(=O)NCC2(O)CCCC2)c1Cl. The normalized spacial score (nSPS) is 18.4. The van der Waals surface area contributed by atoms with E-state index in [0.29, 0.717) is 12.8 Å². The molecule has 0 unspecified atom stereocenters. The molecule has 1 aromatic carbocycles. The van der Waals surface area contributed by atoms with Crippen LogP contribution in [0.5, 0.6) is 0 Å². The molecule has 0 radical (unpaired) electrons. The molecule has 0 amide bonds. The van der Waals surface area contributed by atoms with E-state index in [9.17, 15) is 13.5 Å². The Morgan fingerprint density at radius 3 is 2.50 bits per heavy atom. The molecule has 1 fully saturated rings. The number of nitrogens with two attached hydrogens (primary N) is 1. The smallest absolute Gasteiger partial charge is 0.242 e. The molecule has 8 heteroatoms. The van der Waals surface area contributed by atoms with Gasteiger partial charge < -0.3 is 10.8 Å². The Balaban J connectivity index is 2.21. The maximum atomic E-state index is 12.2. The first-order chi connectivity index (χ1) is 9.25. The predicted octanol–water partition coefficient (Wildman–Crippen LogP) is 2.16. The van der Waals surface area contributed by atoms with Gasteiger partial charge in [0.05, 0.1) is 21.3 Å². The quantitative estimate of drug-likeness (QED) is 0.733. The largest absolute Gasteiger partial charge is 0.396 e. The number of rotatable bonds is 4. The van der Waals surface area contributed by atoms with Crippen LogP contribution in [0.4, 0.5) is 5.69 Å². The molecule has 112 valence electrons. The minimum Gasteiger partial charge on any atom is -0.396 e. The highest BCUT2D eigenvalue weighted by Crippen LogP contribution is 2.34. The van der Waals surface area contributed by atoms with E-state index in [2.05, 4.69) is 4.72 Å². The van der Waals surface area contributed by atoms with Gasteiger partial charge in [-0.15, -0.1) is 0 Å². The van der Waals surface area contributed by atoms with Crippen LogP contribution in [0, 0.1) is 0 Å². The fourth-order valence-electron chi connectivity index (χ4n) is 2.27. The molecule has 1 aliphatic rings. The topological polar surface area (TPSA) is 92.4 Å². The standard InChI is InChI=1S/C12H16Cl2N2O3S/c13-8-3-4-9(10(14)11(8)15)20(18,19)16-7-12(17)5-1-2-6-12/h3-4,16-17H,1-2,5-7,15H2. The zero-order valence-electron chi connectivity index (χ0n) is 10.7. The van der Waals surface area contributed by atoms with Gasteiger partial charge in [0, 0.05) is 6.54 Å². The number of aliphatic hydroxyl groups is 1. The van der Waals surface area contributed by atoms with Crippen molar-refractivity contribution in [3.63, 3.8) is 0 Å². The van der Waals surface area contributed by atoms with Crippen molar-refractivity contribution in [3.8, 4) is 0 Å². The van der Waals surface area contributed by atoms with Crippen LogP contribution in [0.25, 0.3) is 0 Å². The first-order valence-corrected chi connectivity index (χ1v) is 8.45. The Labute approximate surface area is 128 Å². The summed E-state index contributed by atoms with van der Waals surface area (Å²) in [6.45, 7) is -0.0335. The Kier molecular flexibility index (Phi) is 4.51. The molecular weight excluding hydrogens is 323 g/mol. The second-order valence-electron chi connectivity index (χ2n) is 5.03. The minimum atomic E-state index is -3.84. The fraction of sp³-hybridized carbons (Fsp3) is 0.500. The average molecular weight is 339 g/mol. The number of benzene rings is 1. The third-order valence-corrected chi connectivity index (χ3v) is 5.80. The van der Waals surface area contributed by atoms with Crippen molar-refractivity contribution in [2.75, 3.05) is 12.3 Å². The number of hydrogen-bond donors (Lipinski definition) is 3.